The summed E-state index contributed by atoms with van der Waals surface area (Å²) in [5.74, 6) is 0. The van der Waals surface area contributed by atoms with E-state index in [0.717, 1.165) is 27.8 Å². The van der Waals surface area contributed by atoms with Crippen LogP contribution in [-0.2, 0) is 17.4 Å². The maximum atomic E-state index is 13.1. The van der Waals surface area contributed by atoms with Crippen LogP contribution < -0.4 is 5.73 Å². The molecule has 0 atom stereocenters. The minimum atomic E-state index is -4.49. The second-order valence-electron chi connectivity index (χ2n) is 7.55. The number of rotatable bonds is 5. The van der Waals surface area contributed by atoms with Crippen LogP contribution >= 0.6 is 35.7 Å². The summed E-state index contributed by atoms with van der Waals surface area (Å²) in [6, 6.07) is 3.34. The Labute approximate surface area is 180 Å². The monoisotopic (exact) mass is 574 g/mol. The van der Waals surface area contributed by atoms with Crippen molar-refractivity contribution >= 4 is 45.2 Å². The number of alkyl halides is 5. The summed E-state index contributed by atoms with van der Waals surface area (Å²) in [6.07, 6.45) is 2.37. The second kappa shape index (κ2) is 9.64. The van der Waals surface area contributed by atoms with Crippen molar-refractivity contribution in [2.45, 2.75) is 57.2 Å². The van der Waals surface area contributed by atoms with Crippen LogP contribution in [-0.4, -0.2) is 36.7 Å². The van der Waals surface area contributed by atoms with E-state index in [2.05, 4.69) is 20.8 Å². The van der Waals surface area contributed by atoms with E-state index in [1.165, 1.54) is 32.4 Å². The van der Waals surface area contributed by atoms with Crippen LogP contribution in [0.25, 0.3) is 0 Å². The zero-order chi connectivity index (χ0) is 20.3. The van der Waals surface area contributed by atoms with E-state index in [9.17, 15) is 18.0 Å². The van der Waals surface area contributed by atoms with E-state index in [1.54, 1.807) is 6.07 Å². The predicted molar refractivity (Wildman–Crippen MR) is 119 cm³/mol. The van der Waals surface area contributed by atoms with Crippen LogP contribution in [0, 0.1) is 0 Å². The van der Waals surface area contributed by atoms with Crippen molar-refractivity contribution in [2.75, 3.05) is 27.7 Å². The summed E-state index contributed by atoms with van der Waals surface area (Å²) in [5.41, 5.74) is 4.94. The molecule has 2 N–H and O–H groups in total. The Morgan fingerprint density at radius 2 is 1.82 bits per heavy atom. The molecule has 0 amide bonds. The first-order valence-corrected chi connectivity index (χ1v) is 14.7. The van der Waals surface area contributed by atoms with Gasteiger partial charge in [0.2, 0.25) is 0 Å². The molecule has 0 spiro atoms. The van der Waals surface area contributed by atoms with Crippen molar-refractivity contribution in [2.24, 2.45) is 0 Å². The molecule has 158 valence electrons. The third-order valence-corrected chi connectivity index (χ3v) is 12.4. The molecule has 8 heteroatoms. The van der Waals surface area contributed by atoms with Gasteiger partial charge in [0.1, 0.15) is 0 Å². The Morgan fingerprint density at radius 1 is 1.18 bits per heavy atom. The van der Waals surface area contributed by atoms with Gasteiger partial charge < -0.3 is 0 Å². The Bertz CT molecular complexity index is 699. The van der Waals surface area contributed by atoms with Crippen molar-refractivity contribution < 1.29 is 18.0 Å². The quantitative estimate of drug-likeness (QED) is 0.213. The normalized spacial score (nSPS) is 21.1. The molecule has 2 aliphatic rings. The third kappa shape index (κ3) is 5.62. The number of nitrogens with zero attached hydrogens (tertiary/aromatic N) is 1. The second-order valence-corrected chi connectivity index (χ2v) is 14.4. The van der Waals surface area contributed by atoms with Gasteiger partial charge in [0, 0.05) is 0 Å². The molecule has 1 aromatic rings. The van der Waals surface area contributed by atoms with Crippen LogP contribution in [0.3, 0.4) is 0 Å². The number of carbonyl (C=O) groups is 1. The summed E-state index contributed by atoms with van der Waals surface area (Å²) in [5, 5.41) is 0. The summed E-state index contributed by atoms with van der Waals surface area (Å²) in [4.78, 5) is 15.3. The van der Waals surface area contributed by atoms with Crippen molar-refractivity contribution in [3.63, 3.8) is 0 Å². The molecule has 28 heavy (non-hydrogen) atoms. The maximum absolute atomic E-state index is 13.1. The van der Waals surface area contributed by atoms with Gasteiger partial charge >= 0.3 is 181 Å². The summed E-state index contributed by atoms with van der Waals surface area (Å²) < 4.78 is 42.1. The molecular formula is C20H27BrF3IN2O. The molecule has 2 aliphatic heterocycles. The summed E-state index contributed by atoms with van der Waals surface area (Å²) >= 11 is 1.47. The molecule has 0 saturated carbocycles. The van der Waals surface area contributed by atoms with Crippen LogP contribution in [0.5, 0.6) is 0 Å². The number of carbonyl (C=O) groups excluding carboxylic acids is 1. The van der Waals surface area contributed by atoms with E-state index >= 15 is 0 Å². The molecule has 2 heterocycles. The molecule has 1 aromatic carbocycles. The number of hydrogen-bond acceptors (Lipinski definition) is 3. The van der Waals surface area contributed by atoms with Gasteiger partial charge in [-0.2, -0.15) is 0 Å². The number of piperidine rings is 1. The van der Waals surface area contributed by atoms with Gasteiger partial charge in [-0.15, -0.1) is 0 Å². The number of hydrogen-bond donors (Lipinski definition) is 1. The average molecular weight is 575 g/mol. The number of aryl methyl sites for hydroxylation is 1. The first-order chi connectivity index (χ1) is 13.3. The number of nitrogen functional groups attached to an aromatic ring is 1. The third-order valence-electron chi connectivity index (χ3n) is 5.65. The van der Waals surface area contributed by atoms with Gasteiger partial charge in [0.25, 0.3) is 0 Å². The van der Waals surface area contributed by atoms with Crippen molar-refractivity contribution in [3.05, 3.63) is 27.7 Å². The van der Waals surface area contributed by atoms with Crippen molar-refractivity contribution in [1.82, 2.24) is 4.90 Å². The van der Waals surface area contributed by atoms with Gasteiger partial charge in [-0.3, -0.25) is 0 Å². The molecule has 3 nitrogen and oxygen atoms in total. The standard InChI is InChI=1S/C20H27BrF3IN2O/c21-17-13-14(12-16(19(17)26)20(22,23)24)4-5-18(28)25-8-6-15(7-9-25)27-10-2-1-3-11-27/h12-13,15H,1-11,26H2. The molecular weight excluding hydrogens is 548 g/mol. The van der Waals surface area contributed by atoms with E-state index in [-0.39, 0.29) is 10.2 Å². The van der Waals surface area contributed by atoms with Crippen LogP contribution in [0.2, 0.25) is 0 Å². The number of likely N-dealkylation sites (tertiary alicyclic amines) is 1. The fourth-order valence-corrected chi connectivity index (χ4v) is 10.3. The molecule has 3 rings (SSSR count). The number of benzene rings is 1. The summed E-state index contributed by atoms with van der Waals surface area (Å²) in [7, 11) is 0. The molecule has 2 saturated heterocycles. The van der Waals surface area contributed by atoms with Gasteiger partial charge in [-0.1, -0.05) is 0 Å². The van der Waals surface area contributed by atoms with Crippen molar-refractivity contribution in [1.29, 1.82) is 0 Å². The SMILES string of the molecule is Nc1c(Br)cc(CCC(=O)I2CCC(N3CCCCC3)CC2)cc1C(F)(F)F. The molecule has 0 bridgehead atoms. The zero-order valence-corrected chi connectivity index (χ0v) is 19.6. The van der Waals surface area contributed by atoms with Crippen LogP contribution in [0.1, 0.15) is 49.7 Å². The molecule has 0 radical (unpaired) electrons. The van der Waals surface area contributed by atoms with E-state index in [0.29, 0.717) is 28.2 Å². The Kier molecular flexibility index (Phi) is 7.69. The van der Waals surface area contributed by atoms with E-state index < -0.39 is 31.6 Å². The molecule has 0 aromatic heterocycles. The Balaban J connectivity index is 1.53. The fraction of sp³-hybridized carbons (Fsp3) is 0.650. The Hall–Kier alpha value is -0.350. The number of anilines is 1. The molecule has 2 fully saturated rings. The average Bonchev–Trinajstić information content (AvgIpc) is 2.68. The van der Waals surface area contributed by atoms with Gasteiger partial charge in [-0.25, -0.2) is 0 Å². The Morgan fingerprint density at radius 3 is 2.43 bits per heavy atom. The predicted octanol–water partition coefficient (Wildman–Crippen LogP) is 5.66. The van der Waals surface area contributed by atoms with Gasteiger partial charge in [0.15, 0.2) is 0 Å². The zero-order valence-electron chi connectivity index (χ0n) is 15.8. The van der Waals surface area contributed by atoms with Crippen molar-refractivity contribution in [3.8, 4) is 0 Å². The topological polar surface area (TPSA) is 46.3 Å². The molecule has 0 aliphatic carbocycles. The van der Waals surface area contributed by atoms with Gasteiger partial charge in [-0.05, 0) is 0 Å². The summed E-state index contributed by atoms with van der Waals surface area (Å²) in [6.45, 7) is 2.39. The fourth-order valence-electron chi connectivity index (χ4n) is 4.04. The first-order valence-electron chi connectivity index (χ1n) is 9.79. The first kappa shape index (κ1) is 22.3. The molecule has 0 unspecified atom stereocenters. The number of halogens is 5. The van der Waals surface area contributed by atoms with Crippen LogP contribution in [0.15, 0.2) is 16.6 Å². The van der Waals surface area contributed by atoms with E-state index in [1.807, 2.05) is 0 Å². The minimum absolute atomic E-state index is 0.241. The van der Waals surface area contributed by atoms with Crippen LogP contribution in [0.4, 0.5) is 18.9 Å². The van der Waals surface area contributed by atoms with E-state index in [4.69, 9.17) is 5.73 Å². The number of nitrogens with two attached hydrogens (primary N) is 1. The van der Waals surface area contributed by atoms with Gasteiger partial charge in [0.05, 0.1) is 0 Å².